The molecule has 29 heavy (non-hydrogen) atoms. The van der Waals surface area contributed by atoms with Crippen LogP contribution in [0.1, 0.15) is 29.9 Å². The molecule has 2 aliphatic rings. The molecule has 0 aliphatic carbocycles. The van der Waals surface area contributed by atoms with Gasteiger partial charge in [-0.3, -0.25) is 14.5 Å². The van der Waals surface area contributed by atoms with Gasteiger partial charge >= 0.3 is 0 Å². The lowest BCUT2D eigenvalue weighted by atomic mass is 9.79. The van der Waals surface area contributed by atoms with Gasteiger partial charge in [0.25, 0.3) is 0 Å². The van der Waals surface area contributed by atoms with Crippen molar-refractivity contribution in [3.8, 4) is 0 Å². The molecule has 2 aliphatic heterocycles. The van der Waals surface area contributed by atoms with Gasteiger partial charge in [-0.05, 0) is 55.2 Å². The fourth-order valence-electron chi connectivity index (χ4n) is 4.62. The molecule has 1 atom stereocenters. The van der Waals surface area contributed by atoms with E-state index in [0.29, 0.717) is 36.5 Å². The maximum atomic E-state index is 13.9. The predicted octanol–water partition coefficient (Wildman–Crippen LogP) is 4.51. The molecule has 0 N–H and O–H groups in total. The zero-order valence-electron chi connectivity index (χ0n) is 16.3. The Morgan fingerprint density at radius 3 is 2.38 bits per heavy atom. The van der Waals surface area contributed by atoms with Gasteiger partial charge in [-0.2, -0.15) is 5.06 Å². The van der Waals surface area contributed by atoms with Crippen molar-refractivity contribution in [1.82, 2.24) is 5.06 Å². The maximum absolute atomic E-state index is 13.9. The Kier molecular flexibility index (Phi) is 5.55. The van der Waals surface area contributed by atoms with E-state index >= 15 is 0 Å². The van der Waals surface area contributed by atoms with Gasteiger partial charge < -0.3 is 4.84 Å². The maximum Gasteiger partial charge on any atom is 0.243 e. The first-order chi connectivity index (χ1) is 13.9. The summed E-state index contributed by atoms with van der Waals surface area (Å²) in [5.41, 5.74) is 1.29. The molecule has 2 heterocycles. The molecule has 2 aromatic carbocycles. The second-order valence-electron chi connectivity index (χ2n) is 7.57. The summed E-state index contributed by atoms with van der Waals surface area (Å²) in [5.74, 6) is -1.18. The van der Waals surface area contributed by atoms with Crippen LogP contribution in [0.15, 0.2) is 46.9 Å². The van der Waals surface area contributed by atoms with Crippen LogP contribution in [-0.4, -0.2) is 42.5 Å². The van der Waals surface area contributed by atoms with E-state index < -0.39 is 11.5 Å². The second-order valence-corrected chi connectivity index (χ2v) is 8.89. The number of benzene rings is 2. The molecule has 2 saturated heterocycles. The van der Waals surface area contributed by atoms with Crippen LogP contribution >= 0.6 is 27.5 Å². The van der Waals surface area contributed by atoms with Crippen molar-refractivity contribution in [1.29, 1.82) is 0 Å². The highest BCUT2D eigenvalue weighted by atomic mass is 79.9. The summed E-state index contributed by atoms with van der Waals surface area (Å²) in [6.07, 6.45) is 1.04. The summed E-state index contributed by atoms with van der Waals surface area (Å²) < 4.78 is 0.824. The molecule has 152 valence electrons. The molecule has 1 spiro atoms. The predicted molar refractivity (Wildman–Crippen MR) is 116 cm³/mol. The van der Waals surface area contributed by atoms with Crippen LogP contribution in [0.25, 0.3) is 0 Å². The van der Waals surface area contributed by atoms with Crippen LogP contribution in [0.2, 0.25) is 5.02 Å². The van der Waals surface area contributed by atoms with Crippen molar-refractivity contribution in [3.05, 3.63) is 63.1 Å². The number of anilines is 1. The van der Waals surface area contributed by atoms with Crippen LogP contribution in [0, 0.1) is 6.92 Å². The van der Waals surface area contributed by atoms with Crippen LogP contribution < -0.4 is 4.90 Å². The molecule has 1 unspecified atom stereocenters. The van der Waals surface area contributed by atoms with Crippen LogP contribution in [-0.2, 0) is 14.4 Å². The molecule has 0 saturated carbocycles. The Morgan fingerprint density at radius 1 is 1.14 bits per heavy atom. The third-order valence-electron chi connectivity index (χ3n) is 6.03. The van der Waals surface area contributed by atoms with Gasteiger partial charge in [-0.1, -0.05) is 45.7 Å². The molecule has 1 amide bonds. The summed E-state index contributed by atoms with van der Waals surface area (Å²) in [6, 6.07) is 13.1. The fourth-order valence-corrected chi connectivity index (χ4v) is 5.70. The highest BCUT2D eigenvalue weighted by Crippen LogP contribution is 2.47. The fraction of sp³-hybridized carbons (Fsp3) is 0.364. The van der Waals surface area contributed by atoms with Gasteiger partial charge in [0.15, 0.2) is 5.78 Å². The molecular formula is C22H22BrClN2O3. The highest BCUT2D eigenvalue weighted by molar-refractivity contribution is 9.10. The number of ketones is 1. The van der Waals surface area contributed by atoms with Crippen molar-refractivity contribution in [3.63, 3.8) is 0 Å². The van der Waals surface area contributed by atoms with E-state index in [1.807, 2.05) is 48.4 Å². The normalized spacial score (nSPS) is 21.9. The van der Waals surface area contributed by atoms with E-state index in [4.69, 9.17) is 16.4 Å². The van der Waals surface area contributed by atoms with Gasteiger partial charge in [0.1, 0.15) is 11.5 Å². The van der Waals surface area contributed by atoms with E-state index in [-0.39, 0.29) is 11.7 Å². The molecule has 0 radical (unpaired) electrons. The number of aryl methyl sites for hydroxylation is 1. The molecule has 0 bridgehead atoms. The topological polar surface area (TPSA) is 49.9 Å². The van der Waals surface area contributed by atoms with Crippen molar-refractivity contribution in [2.75, 3.05) is 25.1 Å². The zero-order chi connectivity index (χ0) is 20.8. The van der Waals surface area contributed by atoms with Crippen molar-refractivity contribution >= 4 is 44.9 Å². The Hall–Kier alpha value is -1.73. The summed E-state index contributed by atoms with van der Waals surface area (Å²) in [4.78, 5) is 34.7. The van der Waals surface area contributed by atoms with Crippen molar-refractivity contribution in [2.45, 2.75) is 31.2 Å². The number of rotatable bonds is 3. The number of Topliss-reactive ketones (excluding diaryl/α,β-unsaturated/α-hetero) is 1. The van der Waals surface area contributed by atoms with Crippen molar-refractivity contribution < 1.29 is 14.4 Å². The molecule has 7 heteroatoms. The van der Waals surface area contributed by atoms with E-state index in [1.165, 1.54) is 0 Å². The Balaban J connectivity index is 1.85. The first kappa shape index (κ1) is 20.5. The van der Waals surface area contributed by atoms with Gasteiger partial charge in [0.2, 0.25) is 5.91 Å². The Morgan fingerprint density at radius 2 is 1.79 bits per heavy atom. The lowest BCUT2D eigenvalue weighted by Gasteiger charge is -2.42. The molecular weight excluding hydrogens is 456 g/mol. The number of piperidine rings is 1. The molecule has 2 fully saturated rings. The standard InChI is InChI=1S/C22H22BrClN2O3/c1-14-12-15(23)13-17(24)18(14)19-20(27)22(8-10-25(29-2)11-9-22)26(21(19)28)16-6-4-3-5-7-16/h3-7,12-13,19H,8-11H2,1-2H3. The van der Waals surface area contributed by atoms with Gasteiger partial charge in [0.05, 0.1) is 7.11 Å². The average Bonchev–Trinajstić information content (AvgIpc) is 2.90. The molecule has 0 aromatic heterocycles. The number of hydrogen-bond acceptors (Lipinski definition) is 4. The second kappa shape index (κ2) is 7.84. The zero-order valence-corrected chi connectivity index (χ0v) is 18.7. The summed E-state index contributed by atoms with van der Waals surface area (Å²) in [6.45, 7) is 3.05. The van der Waals surface area contributed by atoms with Crippen LogP contribution in [0.4, 0.5) is 5.69 Å². The largest absolute Gasteiger partial charge is 0.302 e. The number of carbonyl (C=O) groups excluding carboxylic acids is 2. The van der Waals surface area contributed by atoms with E-state index in [2.05, 4.69) is 15.9 Å². The Labute approximate surface area is 183 Å². The lowest BCUT2D eigenvalue weighted by molar-refractivity contribution is -0.155. The van der Waals surface area contributed by atoms with E-state index in [9.17, 15) is 9.59 Å². The quantitative estimate of drug-likeness (QED) is 0.611. The van der Waals surface area contributed by atoms with Gasteiger partial charge in [0, 0.05) is 28.3 Å². The van der Waals surface area contributed by atoms with E-state index in [1.54, 1.807) is 18.1 Å². The number of amides is 1. The third kappa shape index (κ3) is 3.32. The number of nitrogens with zero attached hydrogens (tertiary/aromatic N) is 2. The monoisotopic (exact) mass is 476 g/mol. The minimum Gasteiger partial charge on any atom is -0.302 e. The minimum absolute atomic E-state index is 0.0746. The summed E-state index contributed by atoms with van der Waals surface area (Å²) in [5, 5.41) is 2.26. The van der Waals surface area contributed by atoms with E-state index in [0.717, 1.165) is 15.7 Å². The summed E-state index contributed by atoms with van der Waals surface area (Å²) in [7, 11) is 1.63. The SMILES string of the molecule is CON1CCC2(CC1)C(=O)C(c1c(C)cc(Br)cc1Cl)C(=O)N2c1ccccc1. The highest BCUT2D eigenvalue weighted by Gasteiger charge is 2.60. The number of hydrogen-bond donors (Lipinski definition) is 0. The number of carbonyl (C=O) groups is 2. The Bertz CT molecular complexity index is 935. The van der Waals surface area contributed by atoms with Crippen molar-refractivity contribution in [2.24, 2.45) is 0 Å². The summed E-state index contributed by atoms with van der Waals surface area (Å²) >= 11 is 9.97. The number of para-hydroxylation sites is 1. The third-order valence-corrected chi connectivity index (χ3v) is 6.80. The molecule has 2 aromatic rings. The average molecular weight is 478 g/mol. The minimum atomic E-state index is -0.898. The first-order valence-corrected chi connectivity index (χ1v) is 10.7. The molecule has 4 rings (SSSR count). The lowest BCUT2D eigenvalue weighted by Crippen LogP contribution is -2.56. The number of halogens is 2. The van der Waals surface area contributed by atoms with Gasteiger partial charge in [-0.15, -0.1) is 0 Å². The van der Waals surface area contributed by atoms with Crippen LogP contribution in [0.3, 0.4) is 0 Å². The van der Waals surface area contributed by atoms with Crippen LogP contribution in [0.5, 0.6) is 0 Å². The first-order valence-electron chi connectivity index (χ1n) is 9.57. The number of hydroxylamine groups is 2. The smallest absolute Gasteiger partial charge is 0.243 e. The van der Waals surface area contributed by atoms with Gasteiger partial charge in [-0.25, -0.2) is 0 Å². The molecule has 5 nitrogen and oxygen atoms in total.